The number of rotatable bonds is 6. The molecule has 0 aliphatic carbocycles. The molecular formula is C19H24N2O3S. The van der Waals surface area contributed by atoms with Crippen LogP contribution in [0.25, 0.3) is 0 Å². The summed E-state index contributed by atoms with van der Waals surface area (Å²) in [6.45, 7) is 7.98. The van der Waals surface area contributed by atoms with Crippen molar-refractivity contribution < 1.29 is 13.2 Å². The fraction of sp³-hybridized carbons (Fsp3) is 0.316. The lowest BCUT2D eigenvalue weighted by Gasteiger charge is -2.11. The van der Waals surface area contributed by atoms with Crippen LogP contribution in [0.1, 0.15) is 40.9 Å². The molecule has 0 aliphatic rings. The Morgan fingerprint density at radius 2 is 1.68 bits per heavy atom. The molecule has 2 aromatic rings. The molecule has 2 rings (SSSR count). The van der Waals surface area contributed by atoms with Crippen LogP contribution in [0.5, 0.6) is 0 Å². The van der Waals surface area contributed by atoms with Crippen LogP contribution in [0.3, 0.4) is 0 Å². The van der Waals surface area contributed by atoms with Gasteiger partial charge in [0.05, 0.1) is 4.90 Å². The number of hydrogen-bond donors (Lipinski definition) is 2. The Kier molecular flexibility index (Phi) is 5.98. The number of carbonyl (C=O) groups excluding carboxylic acids is 1. The molecule has 0 saturated carbocycles. The van der Waals surface area contributed by atoms with E-state index in [1.165, 1.54) is 29.8 Å². The molecule has 25 heavy (non-hydrogen) atoms. The molecule has 0 bridgehead atoms. The molecule has 0 aromatic heterocycles. The summed E-state index contributed by atoms with van der Waals surface area (Å²) in [6.07, 6.45) is 0. The second-order valence-corrected chi connectivity index (χ2v) is 8.13. The number of amides is 1. The van der Waals surface area contributed by atoms with Gasteiger partial charge in [-0.3, -0.25) is 4.79 Å². The van der Waals surface area contributed by atoms with E-state index >= 15 is 0 Å². The summed E-state index contributed by atoms with van der Waals surface area (Å²) in [7, 11) is -3.55. The third-order valence-corrected chi connectivity index (χ3v) is 5.43. The van der Waals surface area contributed by atoms with Crippen molar-refractivity contribution in [1.82, 2.24) is 10.0 Å². The van der Waals surface area contributed by atoms with Crippen LogP contribution in [-0.4, -0.2) is 20.4 Å². The van der Waals surface area contributed by atoms with Crippen molar-refractivity contribution in [2.75, 3.05) is 0 Å². The van der Waals surface area contributed by atoms with Gasteiger partial charge in [-0.2, -0.15) is 0 Å². The first-order valence-electron chi connectivity index (χ1n) is 8.16. The minimum Gasteiger partial charge on any atom is -0.348 e. The number of aryl methyl sites for hydroxylation is 2. The summed E-state index contributed by atoms with van der Waals surface area (Å²) >= 11 is 0. The molecule has 0 spiro atoms. The summed E-state index contributed by atoms with van der Waals surface area (Å²) in [5.74, 6) is -0.235. The van der Waals surface area contributed by atoms with Gasteiger partial charge in [0.1, 0.15) is 0 Å². The highest BCUT2D eigenvalue weighted by molar-refractivity contribution is 7.89. The molecule has 2 aromatic carbocycles. The maximum atomic E-state index is 12.3. The molecule has 0 atom stereocenters. The number of nitrogens with one attached hydrogen (secondary N) is 2. The van der Waals surface area contributed by atoms with Crippen LogP contribution < -0.4 is 10.0 Å². The Morgan fingerprint density at radius 3 is 2.24 bits per heavy atom. The van der Waals surface area contributed by atoms with Gasteiger partial charge in [-0.05, 0) is 63.1 Å². The minimum absolute atomic E-state index is 0.145. The molecule has 134 valence electrons. The predicted octanol–water partition coefficient (Wildman–Crippen LogP) is 2.92. The molecule has 0 unspecified atom stereocenters. The largest absolute Gasteiger partial charge is 0.348 e. The van der Waals surface area contributed by atoms with Gasteiger partial charge in [0, 0.05) is 18.2 Å². The Labute approximate surface area is 149 Å². The van der Waals surface area contributed by atoms with Gasteiger partial charge in [0.15, 0.2) is 0 Å². The van der Waals surface area contributed by atoms with Crippen molar-refractivity contribution >= 4 is 15.9 Å². The SMILES string of the molecule is Cc1ccc(CNC(=O)c2ccc(S(=O)(=O)NC(C)C)cc2)c(C)c1. The molecule has 0 saturated heterocycles. The average Bonchev–Trinajstić information content (AvgIpc) is 2.52. The average molecular weight is 360 g/mol. The third-order valence-electron chi connectivity index (χ3n) is 3.76. The third kappa shape index (κ3) is 5.14. The standard InChI is InChI=1S/C19H24N2O3S/c1-13(2)21-25(23,24)18-9-7-16(8-10-18)19(22)20-12-17-6-5-14(3)11-15(17)4/h5-11,13,21H,12H2,1-4H3,(H,20,22). The van der Waals surface area contributed by atoms with Crippen molar-refractivity contribution in [3.63, 3.8) is 0 Å². The highest BCUT2D eigenvalue weighted by Gasteiger charge is 2.16. The molecule has 0 heterocycles. The van der Waals surface area contributed by atoms with E-state index in [-0.39, 0.29) is 16.8 Å². The van der Waals surface area contributed by atoms with Gasteiger partial charge < -0.3 is 5.32 Å². The Balaban J connectivity index is 2.05. The van der Waals surface area contributed by atoms with E-state index in [1.807, 2.05) is 26.0 Å². The number of carbonyl (C=O) groups is 1. The highest BCUT2D eigenvalue weighted by Crippen LogP contribution is 2.13. The maximum absolute atomic E-state index is 12.3. The Hall–Kier alpha value is -2.18. The van der Waals surface area contributed by atoms with Crippen molar-refractivity contribution in [3.05, 3.63) is 64.7 Å². The predicted molar refractivity (Wildman–Crippen MR) is 99.0 cm³/mol. The molecule has 0 aliphatic heterocycles. The van der Waals surface area contributed by atoms with E-state index in [4.69, 9.17) is 0 Å². The van der Waals surface area contributed by atoms with Crippen molar-refractivity contribution in [2.24, 2.45) is 0 Å². The highest BCUT2D eigenvalue weighted by atomic mass is 32.2. The summed E-state index contributed by atoms with van der Waals surface area (Å²) in [5.41, 5.74) is 3.79. The smallest absolute Gasteiger partial charge is 0.251 e. The lowest BCUT2D eigenvalue weighted by atomic mass is 10.1. The van der Waals surface area contributed by atoms with E-state index < -0.39 is 10.0 Å². The van der Waals surface area contributed by atoms with Crippen LogP contribution in [-0.2, 0) is 16.6 Å². The minimum atomic E-state index is -3.55. The number of benzene rings is 2. The first-order valence-corrected chi connectivity index (χ1v) is 9.64. The fourth-order valence-electron chi connectivity index (χ4n) is 2.49. The Morgan fingerprint density at radius 1 is 1.04 bits per heavy atom. The zero-order chi connectivity index (χ0) is 18.6. The zero-order valence-corrected chi connectivity index (χ0v) is 15.8. The van der Waals surface area contributed by atoms with E-state index in [0.717, 1.165) is 11.1 Å². The van der Waals surface area contributed by atoms with Crippen LogP contribution >= 0.6 is 0 Å². The summed E-state index contributed by atoms with van der Waals surface area (Å²) in [5, 5.41) is 2.86. The number of sulfonamides is 1. The molecule has 0 radical (unpaired) electrons. The first kappa shape index (κ1) is 19.1. The van der Waals surface area contributed by atoms with Crippen molar-refractivity contribution in [3.8, 4) is 0 Å². The fourth-order valence-corrected chi connectivity index (χ4v) is 3.74. The molecular weight excluding hydrogens is 336 g/mol. The summed E-state index contributed by atoms with van der Waals surface area (Å²) in [4.78, 5) is 12.4. The lowest BCUT2D eigenvalue weighted by molar-refractivity contribution is 0.0951. The van der Waals surface area contributed by atoms with Crippen LogP contribution in [0.4, 0.5) is 0 Å². The first-order chi connectivity index (χ1) is 11.7. The molecule has 1 amide bonds. The van der Waals surface area contributed by atoms with Gasteiger partial charge in [0.2, 0.25) is 10.0 Å². The monoisotopic (exact) mass is 360 g/mol. The van der Waals surface area contributed by atoms with Gasteiger partial charge in [-0.25, -0.2) is 13.1 Å². The molecule has 0 fully saturated rings. The Bertz CT molecular complexity index is 857. The van der Waals surface area contributed by atoms with E-state index in [1.54, 1.807) is 13.8 Å². The second-order valence-electron chi connectivity index (χ2n) is 6.41. The van der Waals surface area contributed by atoms with Crippen molar-refractivity contribution in [1.29, 1.82) is 0 Å². The van der Waals surface area contributed by atoms with Gasteiger partial charge >= 0.3 is 0 Å². The topological polar surface area (TPSA) is 75.3 Å². The van der Waals surface area contributed by atoms with E-state index in [0.29, 0.717) is 12.1 Å². The quantitative estimate of drug-likeness (QED) is 0.832. The number of hydrogen-bond acceptors (Lipinski definition) is 3. The van der Waals surface area contributed by atoms with Gasteiger partial charge in [0.25, 0.3) is 5.91 Å². The summed E-state index contributed by atoms with van der Waals surface area (Å²) in [6, 6.07) is 11.8. The molecule has 2 N–H and O–H groups in total. The zero-order valence-electron chi connectivity index (χ0n) is 15.0. The normalized spacial score (nSPS) is 11.6. The van der Waals surface area contributed by atoms with Crippen LogP contribution in [0.2, 0.25) is 0 Å². The second kappa shape index (κ2) is 7.80. The van der Waals surface area contributed by atoms with Crippen LogP contribution in [0.15, 0.2) is 47.4 Å². The van der Waals surface area contributed by atoms with E-state index in [9.17, 15) is 13.2 Å². The maximum Gasteiger partial charge on any atom is 0.251 e. The molecule has 5 nitrogen and oxygen atoms in total. The van der Waals surface area contributed by atoms with Crippen LogP contribution in [0, 0.1) is 13.8 Å². The van der Waals surface area contributed by atoms with Gasteiger partial charge in [-0.15, -0.1) is 0 Å². The van der Waals surface area contributed by atoms with Crippen molar-refractivity contribution in [2.45, 2.75) is 45.2 Å². The molecule has 6 heteroatoms. The summed E-state index contributed by atoms with van der Waals surface area (Å²) < 4.78 is 26.7. The van der Waals surface area contributed by atoms with Gasteiger partial charge in [-0.1, -0.05) is 23.8 Å². The van der Waals surface area contributed by atoms with E-state index in [2.05, 4.69) is 16.1 Å². The lowest BCUT2D eigenvalue weighted by Crippen LogP contribution is -2.30.